The number of benzene rings is 1. The van der Waals surface area contributed by atoms with Crippen LogP contribution in [0.15, 0.2) is 43.0 Å². The van der Waals surface area contributed by atoms with Crippen LogP contribution in [0.3, 0.4) is 0 Å². The number of hydrogen-bond donors (Lipinski definition) is 3. The van der Waals surface area contributed by atoms with Gasteiger partial charge in [-0.2, -0.15) is 0 Å². The summed E-state index contributed by atoms with van der Waals surface area (Å²) in [5.41, 5.74) is 1.36. The van der Waals surface area contributed by atoms with Crippen LogP contribution in [-0.2, 0) is 28.1 Å². The van der Waals surface area contributed by atoms with Crippen molar-refractivity contribution in [2.24, 2.45) is 0 Å². The highest BCUT2D eigenvalue weighted by molar-refractivity contribution is 7.52. The summed E-state index contributed by atoms with van der Waals surface area (Å²) in [5, 5.41) is 14.1. The highest BCUT2D eigenvalue weighted by atomic mass is 31.2. The van der Waals surface area contributed by atoms with Crippen molar-refractivity contribution in [2.45, 2.75) is 37.8 Å². The summed E-state index contributed by atoms with van der Waals surface area (Å²) in [6, 6.07) is 8.69. The summed E-state index contributed by atoms with van der Waals surface area (Å²) < 4.78 is 37.0. The average Bonchev–Trinajstić information content (AvgIpc) is 3.57. The number of anilines is 1. The number of ether oxygens (including phenoxy) is 3. The van der Waals surface area contributed by atoms with Crippen LogP contribution in [-0.4, -0.2) is 74.3 Å². The molecule has 5 rings (SSSR count). The average molecular weight is 547 g/mol. The Morgan fingerprint density at radius 1 is 1.16 bits per heavy atom. The fourth-order valence-electron chi connectivity index (χ4n) is 4.30. The van der Waals surface area contributed by atoms with Crippen molar-refractivity contribution in [1.82, 2.24) is 24.8 Å². The Hall–Kier alpha value is -3.46. The number of carboxylic acids is 1. The molecule has 0 radical (unpaired) electrons. The molecule has 4 heterocycles. The Labute approximate surface area is 215 Å². The number of aliphatic carboxylic acids is 1. The maximum absolute atomic E-state index is 12.1. The van der Waals surface area contributed by atoms with Crippen LogP contribution in [0.4, 0.5) is 10.6 Å². The number of carbonyl (C=O) groups excluding carboxylic acids is 1. The van der Waals surface area contributed by atoms with E-state index in [1.807, 2.05) is 30.3 Å². The van der Waals surface area contributed by atoms with Crippen molar-refractivity contribution < 1.29 is 42.9 Å². The van der Waals surface area contributed by atoms with Crippen LogP contribution < -0.4 is 15.5 Å². The first-order chi connectivity index (χ1) is 18.3. The van der Waals surface area contributed by atoms with Gasteiger partial charge in [0, 0.05) is 12.1 Å². The van der Waals surface area contributed by atoms with Crippen LogP contribution >= 0.6 is 7.60 Å². The molecule has 2 aliphatic heterocycles. The Balaban J connectivity index is 1.43. The molecule has 2 saturated heterocycles. The fourth-order valence-corrected chi connectivity index (χ4v) is 5.10. The van der Waals surface area contributed by atoms with E-state index < -0.39 is 63.2 Å². The van der Waals surface area contributed by atoms with Crippen molar-refractivity contribution in [3.05, 3.63) is 48.5 Å². The molecule has 15 nitrogen and oxygen atoms in total. The molecule has 2 fully saturated rings. The molecule has 0 bridgehead atoms. The van der Waals surface area contributed by atoms with Crippen LogP contribution in [0.1, 0.15) is 25.0 Å². The van der Waals surface area contributed by atoms with Gasteiger partial charge in [0.25, 0.3) is 0 Å². The second-order valence-corrected chi connectivity index (χ2v) is 10.3. The predicted octanol–water partition coefficient (Wildman–Crippen LogP) is 1.00. The van der Waals surface area contributed by atoms with Gasteiger partial charge in [-0.25, -0.2) is 19.7 Å². The first-order valence-electron chi connectivity index (χ1n) is 11.7. The summed E-state index contributed by atoms with van der Waals surface area (Å²) in [6.07, 6.45) is -2.52. The lowest BCUT2D eigenvalue weighted by Crippen LogP contribution is -2.32. The van der Waals surface area contributed by atoms with Crippen molar-refractivity contribution in [1.29, 1.82) is 0 Å². The van der Waals surface area contributed by atoms with Crippen LogP contribution in [0, 0.1) is 0 Å². The number of nitrogens with zero attached hydrogens (tertiary/aromatic N) is 4. The standard InChI is InChI=1S/C22H25N6O9P/c1-2-23-22(31)27-18-15-19(25-10-24-18)28(11-26-15)20-17-16(36-21(37-17)12-6-4-3-5-7-12)13(35-20)8-34-38(32,33)9-14(29)30/h3-7,10-11,13,16-17,20-21H,2,8-9H2,1H3,(H,29,30)(H,32,33)(H2,23,24,25,27,31)/p-1/t13-,16?,17+,20-,21+/m1/s1. The molecule has 2 aromatic heterocycles. The second kappa shape index (κ2) is 10.7. The minimum Gasteiger partial charge on any atom is -0.778 e. The number of rotatable bonds is 9. The predicted molar refractivity (Wildman–Crippen MR) is 127 cm³/mol. The number of urea groups is 1. The van der Waals surface area contributed by atoms with Gasteiger partial charge in [-0.1, -0.05) is 30.3 Å². The lowest BCUT2D eigenvalue weighted by Gasteiger charge is -2.25. The number of amides is 2. The van der Waals surface area contributed by atoms with Crippen molar-refractivity contribution in [3.63, 3.8) is 0 Å². The molecule has 3 N–H and O–H groups in total. The van der Waals surface area contributed by atoms with E-state index in [2.05, 4.69) is 25.6 Å². The third-order valence-electron chi connectivity index (χ3n) is 5.89. The third kappa shape index (κ3) is 5.38. The minimum atomic E-state index is -4.67. The van der Waals surface area contributed by atoms with E-state index in [1.165, 1.54) is 12.7 Å². The molecule has 202 valence electrons. The zero-order valence-electron chi connectivity index (χ0n) is 20.0. The summed E-state index contributed by atoms with van der Waals surface area (Å²) in [5.74, 6) is -1.35. The van der Waals surface area contributed by atoms with Crippen molar-refractivity contribution >= 4 is 36.6 Å². The number of carbonyl (C=O) groups is 2. The van der Waals surface area contributed by atoms with E-state index in [0.29, 0.717) is 17.7 Å². The van der Waals surface area contributed by atoms with Gasteiger partial charge in [0.05, 0.1) is 12.9 Å². The van der Waals surface area contributed by atoms with E-state index in [1.54, 1.807) is 11.5 Å². The first kappa shape index (κ1) is 26.2. The number of imidazole rings is 1. The van der Waals surface area contributed by atoms with Crippen LogP contribution in [0.25, 0.3) is 11.2 Å². The van der Waals surface area contributed by atoms with Crippen LogP contribution in [0.5, 0.6) is 0 Å². The first-order valence-corrected chi connectivity index (χ1v) is 13.4. The number of aromatic nitrogens is 4. The maximum atomic E-state index is 12.1. The van der Waals surface area contributed by atoms with E-state index in [4.69, 9.17) is 23.8 Å². The van der Waals surface area contributed by atoms with E-state index in [9.17, 15) is 19.0 Å². The Morgan fingerprint density at radius 3 is 2.66 bits per heavy atom. The zero-order valence-corrected chi connectivity index (χ0v) is 20.9. The SMILES string of the molecule is CCNC(=O)Nc1ncnc2c1ncn2[C@@H]1O[C@H](COP(=O)([O-])CC(=O)O)C2O[C@H](c3ccccc3)O[C@@H]21. The lowest BCUT2D eigenvalue weighted by molar-refractivity contribution is -0.204. The number of carboxylic acid groups (broad SMARTS) is 1. The number of hydrogen-bond acceptors (Lipinski definition) is 11. The molecule has 38 heavy (non-hydrogen) atoms. The molecule has 16 heteroatoms. The van der Waals surface area contributed by atoms with E-state index in [0.717, 1.165) is 5.56 Å². The van der Waals surface area contributed by atoms with Crippen LogP contribution in [0.2, 0.25) is 0 Å². The Bertz CT molecular complexity index is 1370. The Morgan fingerprint density at radius 2 is 1.92 bits per heavy atom. The molecule has 2 unspecified atom stereocenters. The quantitative estimate of drug-likeness (QED) is 0.322. The highest BCUT2D eigenvalue weighted by Gasteiger charge is 2.54. The lowest BCUT2D eigenvalue weighted by atomic mass is 10.1. The molecule has 2 amide bonds. The topological polar surface area (TPSA) is 199 Å². The number of nitrogens with one attached hydrogen (secondary N) is 2. The summed E-state index contributed by atoms with van der Waals surface area (Å²) in [4.78, 5) is 47.7. The molecular weight excluding hydrogens is 523 g/mol. The van der Waals surface area contributed by atoms with E-state index >= 15 is 0 Å². The largest absolute Gasteiger partial charge is 0.778 e. The molecule has 3 aromatic rings. The van der Waals surface area contributed by atoms with Gasteiger partial charge in [0.15, 0.2) is 29.5 Å². The second-order valence-electron chi connectivity index (χ2n) is 8.50. The molecule has 0 aliphatic carbocycles. The summed E-state index contributed by atoms with van der Waals surface area (Å²) in [6.45, 7) is 1.71. The summed E-state index contributed by atoms with van der Waals surface area (Å²) >= 11 is 0. The van der Waals surface area contributed by atoms with Gasteiger partial charge < -0.3 is 38.6 Å². The molecule has 6 atom stereocenters. The highest BCUT2D eigenvalue weighted by Crippen LogP contribution is 2.46. The molecule has 2 aliphatic rings. The smallest absolute Gasteiger partial charge is 0.320 e. The summed E-state index contributed by atoms with van der Waals surface area (Å²) in [7, 11) is -4.67. The molecule has 1 aromatic carbocycles. The van der Waals surface area contributed by atoms with Gasteiger partial charge >= 0.3 is 12.0 Å². The van der Waals surface area contributed by atoms with Gasteiger partial charge in [0.2, 0.25) is 0 Å². The number of fused-ring (bicyclic) bond motifs is 2. The van der Waals surface area contributed by atoms with E-state index in [-0.39, 0.29) is 5.82 Å². The molecular formula is C22H24N6O9P-. The normalized spacial score (nSPS) is 26.1. The molecule has 0 spiro atoms. The monoisotopic (exact) mass is 547 g/mol. The maximum Gasteiger partial charge on any atom is 0.320 e. The Kier molecular flexibility index (Phi) is 7.38. The molecule has 0 saturated carbocycles. The zero-order chi connectivity index (χ0) is 26.9. The third-order valence-corrected chi connectivity index (χ3v) is 7.09. The van der Waals surface area contributed by atoms with Gasteiger partial charge in [0.1, 0.15) is 38.4 Å². The van der Waals surface area contributed by atoms with Crippen molar-refractivity contribution in [3.8, 4) is 0 Å². The van der Waals surface area contributed by atoms with Gasteiger partial charge in [-0.3, -0.25) is 14.7 Å². The fraction of sp³-hybridized carbons (Fsp3) is 0.409. The van der Waals surface area contributed by atoms with Crippen molar-refractivity contribution in [2.75, 3.05) is 24.6 Å². The van der Waals surface area contributed by atoms with Gasteiger partial charge in [-0.15, -0.1) is 0 Å². The van der Waals surface area contributed by atoms with Gasteiger partial charge in [-0.05, 0) is 6.92 Å². The minimum absolute atomic E-state index is 0.181.